The molecular formula is C16H18BrN3O. The number of aromatic nitrogens is 1. The molecule has 0 aliphatic carbocycles. The maximum atomic E-state index is 12.5. The van der Waals surface area contributed by atoms with Gasteiger partial charge in [0.1, 0.15) is 5.69 Å². The van der Waals surface area contributed by atoms with Crippen LogP contribution in [0, 0.1) is 0 Å². The molecule has 1 aromatic heterocycles. The van der Waals surface area contributed by atoms with Crippen molar-refractivity contribution in [3.63, 3.8) is 0 Å². The third kappa shape index (κ3) is 3.24. The van der Waals surface area contributed by atoms with Gasteiger partial charge in [0.25, 0.3) is 5.91 Å². The fourth-order valence-corrected chi connectivity index (χ4v) is 3.14. The summed E-state index contributed by atoms with van der Waals surface area (Å²) in [5, 5.41) is 2.05. The molecule has 1 saturated heterocycles. The van der Waals surface area contributed by atoms with Crippen LogP contribution in [-0.4, -0.2) is 58.7 Å². The maximum Gasteiger partial charge on any atom is 0.272 e. The van der Waals surface area contributed by atoms with Crippen molar-refractivity contribution in [2.75, 3.05) is 38.1 Å². The van der Waals surface area contributed by atoms with Crippen molar-refractivity contribution in [2.24, 2.45) is 0 Å². The molecule has 2 heterocycles. The first kappa shape index (κ1) is 14.5. The molecule has 0 radical (unpaired) electrons. The van der Waals surface area contributed by atoms with E-state index in [0.717, 1.165) is 49.0 Å². The summed E-state index contributed by atoms with van der Waals surface area (Å²) in [6.45, 7) is 4.47. The van der Waals surface area contributed by atoms with Gasteiger partial charge in [-0.1, -0.05) is 40.2 Å². The SMILES string of the molecule is O=C(c1ccc2ccccc2n1)N1CCN(CCBr)CC1. The average Bonchev–Trinajstić information content (AvgIpc) is 2.55. The van der Waals surface area contributed by atoms with Crippen molar-refractivity contribution in [2.45, 2.75) is 0 Å². The maximum absolute atomic E-state index is 12.5. The summed E-state index contributed by atoms with van der Waals surface area (Å²) >= 11 is 3.46. The standard InChI is InChI=1S/C16H18BrN3O/c17-7-8-19-9-11-20(12-10-19)16(21)15-6-5-13-3-1-2-4-14(13)18-15/h1-6H,7-12H2. The Morgan fingerprint density at radius 1 is 1.10 bits per heavy atom. The van der Waals surface area contributed by atoms with E-state index in [4.69, 9.17) is 0 Å². The van der Waals surface area contributed by atoms with E-state index in [0.29, 0.717) is 5.69 Å². The van der Waals surface area contributed by atoms with Crippen LogP contribution in [0.5, 0.6) is 0 Å². The largest absolute Gasteiger partial charge is 0.335 e. The molecule has 1 fully saturated rings. The summed E-state index contributed by atoms with van der Waals surface area (Å²) in [5.74, 6) is 0.0410. The van der Waals surface area contributed by atoms with Crippen LogP contribution < -0.4 is 0 Å². The summed E-state index contributed by atoms with van der Waals surface area (Å²) < 4.78 is 0. The van der Waals surface area contributed by atoms with Gasteiger partial charge in [0.15, 0.2) is 0 Å². The summed E-state index contributed by atoms with van der Waals surface area (Å²) in [5.41, 5.74) is 1.42. The molecule has 0 saturated carbocycles. The lowest BCUT2D eigenvalue weighted by Crippen LogP contribution is -2.49. The second kappa shape index (κ2) is 6.54. The van der Waals surface area contributed by atoms with Crippen molar-refractivity contribution >= 4 is 32.7 Å². The van der Waals surface area contributed by atoms with Crippen molar-refractivity contribution in [1.29, 1.82) is 0 Å². The van der Waals surface area contributed by atoms with E-state index >= 15 is 0 Å². The number of hydrogen-bond acceptors (Lipinski definition) is 3. The Balaban J connectivity index is 1.72. The van der Waals surface area contributed by atoms with E-state index in [1.807, 2.05) is 41.3 Å². The van der Waals surface area contributed by atoms with Crippen molar-refractivity contribution in [3.05, 3.63) is 42.1 Å². The number of hydrogen-bond donors (Lipinski definition) is 0. The van der Waals surface area contributed by atoms with E-state index < -0.39 is 0 Å². The van der Waals surface area contributed by atoms with Gasteiger partial charge in [-0.25, -0.2) is 4.98 Å². The Morgan fingerprint density at radius 3 is 2.62 bits per heavy atom. The summed E-state index contributed by atoms with van der Waals surface area (Å²) in [7, 11) is 0. The number of fused-ring (bicyclic) bond motifs is 1. The zero-order chi connectivity index (χ0) is 14.7. The highest BCUT2D eigenvalue weighted by molar-refractivity contribution is 9.09. The third-order valence-corrected chi connectivity index (χ3v) is 4.23. The van der Waals surface area contributed by atoms with Crippen LogP contribution in [0.25, 0.3) is 10.9 Å². The Labute approximate surface area is 132 Å². The normalized spacial score (nSPS) is 16.3. The number of carbonyl (C=O) groups is 1. The molecule has 1 aliphatic rings. The van der Waals surface area contributed by atoms with E-state index in [-0.39, 0.29) is 5.91 Å². The van der Waals surface area contributed by atoms with Gasteiger partial charge in [0.05, 0.1) is 5.52 Å². The minimum absolute atomic E-state index is 0.0410. The van der Waals surface area contributed by atoms with Gasteiger partial charge in [0, 0.05) is 43.4 Å². The number of benzene rings is 1. The quantitative estimate of drug-likeness (QED) is 0.800. The number of carbonyl (C=O) groups excluding carboxylic acids is 1. The first-order valence-corrected chi connectivity index (χ1v) is 8.33. The lowest BCUT2D eigenvalue weighted by molar-refractivity contribution is 0.0639. The molecule has 3 rings (SSSR count). The van der Waals surface area contributed by atoms with E-state index in [1.165, 1.54) is 0 Å². The highest BCUT2D eigenvalue weighted by atomic mass is 79.9. The minimum atomic E-state index is 0.0410. The number of rotatable bonds is 3. The molecular weight excluding hydrogens is 330 g/mol. The van der Waals surface area contributed by atoms with Crippen molar-refractivity contribution < 1.29 is 4.79 Å². The van der Waals surface area contributed by atoms with Gasteiger partial charge in [-0.2, -0.15) is 0 Å². The smallest absolute Gasteiger partial charge is 0.272 e. The van der Waals surface area contributed by atoms with Gasteiger partial charge >= 0.3 is 0 Å². The molecule has 0 spiro atoms. The number of para-hydroxylation sites is 1. The van der Waals surface area contributed by atoms with Crippen LogP contribution in [0.4, 0.5) is 0 Å². The third-order valence-electron chi connectivity index (χ3n) is 3.88. The van der Waals surface area contributed by atoms with Crippen LogP contribution in [-0.2, 0) is 0 Å². The molecule has 1 amide bonds. The summed E-state index contributed by atoms with van der Waals surface area (Å²) in [6.07, 6.45) is 0. The van der Waals surface area contributed by atoms with Crippen LogP contribution >= 0.6 is 15.9 Å². The first-order valence-electron chi connectivity index (χ1n) is 7.21. The lowest BCUT2D eigenvalue weighted by Gasteiger charge is -2.34. The molecule has 4 nitrogen and oxygen atoms in total. The topological polar surface area (TPSA) is 36.4 Å². The fraction of sp³-hybridized carbons (Fsp3) is 0.375. The minimum Gasteiger partial charge on any atom is -0.335 e. The Bertz CT molecular complexity index is 638. The average molecular weight is 348 g/mol. The molecule has 0 unspecified atom stereocenters. The Morgan fingerprint density at radius 2 is 1.86 bits per heavy atom. The molecule has 1 aromatic carbocycles. The highest BCUT2D eigenvalue weighted by Gasteiger charge is 2.22. The van der Waals surface area contributed by atoms with Gasteiger partial charge < -0.3 is 4.90 Å². The molecule has 21 heavy (non-hydrogen) atoms. The zero-order valence-electron chi connectivity index (χ0n) is 11.8. The van der Waals surface area contributed by atoms with Crippen LogP contribution in [0.1, 0.15) is 10.5 Å². The highest BCUT2D eigenvalue weighted by Crippen LogP contribution is 2.14. The Hall–Kier alpha value is -1.46. The van der Waals surface area contributed by atoms with Gasteiger partial charge in [-0.3, -0.25) is 9.69 Å². The monoisotopic (exact) mass is 347 g/mol. The summed E-state index contributed by atoms with van der Waals surface area (Å²) in [6, 6.07) is 11.7. The lowest BCUT2D eigenvalue weighted by atomic mass is 10.2. The predicted molar refractivity (Wildman–Crippen MR) is 87.9 cm³/mol. The number of nitrogens with zero attached hydrogens (tertiary/aromatic N) is 3. The second-order valence-electron chi connectivity index (χ2n) is 5.21. The predicted octanol–water partition coefficient (Wildman–Crippen LogP) is 2.39. The molecule has 0 N–H and O–H groups in total. The van der Waals surface area contributed by atoms with E-state index in [1.54, 1.807) is 0 Å². The molecule has 0 atom stereocenters. The fourth-order valence-electron chi connectivity index (χ4n) is 2.64. The van der Waals surface area contributed by atoms with Crippen LogP contribution in [0.2, 0.25) is 0 Å². The van der Waals surface area contributed by atoms with Crippen molar-refractivity contribution in [1.82, 2.24) is 14.8 Å². The number of pyridine rings is 1. The zero-order valence-corrected chi connectivity index (χ0v) is 13.4. The van der Waals surface area contributed by atoms with Crippen molar-refractivity contribution in [3.8, 4) is 0 Å². The van der Waals surface area contributed by atoms with Crippen LogP contribution in [0.15, 0.2) is 36.4 Å². The molecule has 0 bridgehead atoms. The van der Waals surface area contributed by atoms with Crippen LogP contribution in [0.3, 0.4) is 0 Å². The Kier molecular flexibility index (Phi) is 4.51. The molecule has 2 aromatic rings. The van der Waals surface area contributed by atoms with Gasteiger partial charge in [0.2, 0.25) is 0 Å². The number of alkyl halides is 1. The van der Waals surface area contributed by atoms with E-state index in [2.05, 4.69) is 25.8 Å². The van der Waals surface area contributed by atoms with E-state index in [9.17, 15) is 4.79 Å². The first-order chi connectivity index (χ1) is 10.3. The summed E-state index contributed by atoms with van der Waals surface area (Å²) in [4.78, 5) is 21.3. The molecule has 5 heteroatoms. The number of halogens is 1. The van der Waals surface area contributed by atoms with Gasteiger partial charge in [-0.05, 0) is 12.1 Å². The molecule has 110 valence electrons. The number of amides is 1. The van der Waals surface area contributed by atoms with Gasteiger partial charge in [-0.15, -0.1) is 0 Å². The second-order valence-corrected chi connectivity index (χ2v) is 6.01. The molecule has 1 aliphatic heterocycles. The number of piperazine rings is 1.